The average Bonchev–Trinajstić information content (AvgIpc) is 2.65. The van der Waals surface area contributed by atoms with E-state index in [0.717, 1.165) is 12.0 Å². The molecule has 2 amide bonds. The van der Waals surface area contributed by atoms with Gasteiger partial charge in [0.05, 0.1) is 11.3 Å². The molecule has 0 aliphatic rings. The molecule has 0 spiro atoms. The fourth-order valence-corrected chi connectivity index (χ4v) is 2.48. The molecule has 2 rings (SSSR count). The lowest BCUT2D eigenvalue weighted by atomic mass is 10.1. The second-order valence-corrected chi connectivity index (χ2v) is 6.21. The van der Waals surface area contributed by atoms with Crippen LogP contribution >= 0.6 is 0 Å². The Bertz CT molecular complexity index is 776. The lowest BCUT2D eigenvalue weighted by Gasteiger charge is -2.16. The van der Waals surface area contributed by atoms with E-state index in [4.69, 9.17) is 9.47 Å². The minimum Gasteiger partial charge on any atom is -0.481 e. The maximum Gasteiger partial charge on any atom is 0.265 e. The molecule has 2 N–H and O–H groups in total. The molecule has 6 heteroatoms. The Hall–Kier alpha value is -2.86. The van der Waals surface area contributed by atoms with Gasteiger partial charge in [0.2, 0.25) is 0 Å². The third kappa shape index (κ3) is 6.42. The molecule has 0 fully saturated rings. The summed E-state index contributed by atoms with van der Waals surface area (Å²) in [4.78, 5) is 24.9. The van der Waals surface area contributed by atoms with E-state index in [0.29, 0.717) is 30.2 Å². The summed E-state index contributed by atoms with van der Waals surface area (Å²) in [6.07, 6.45) is 0.0163. The van der Waals surface area contributed by atoms with Crippen LogP contribution in [0, 0.1) is 6.92 Å². The maximum atomic E-state index is 12.5. The Morgan fingerprint density at radius 2 is 1.89 bits per heavy atom. The van der Waals surface area contributed by atoms with Crippen LogP contribution in [-0.2, 0) is 9.53 Å². The van der Waals surface area contributed by atoms with Crippen molar-refractivity contribution in [2.24, 2.45) is 0 Å². The van der Waals surface area contributed by atoms with Gasteiger partial charge in [0, 0.05) is 20.3 Å². The standard InChI is InChI=1S/C21H26N2O4/c1-15-8-6-9-17(14-15)27-16(2)20(24)23-19-11-5-4-10-18(19)21(25)22-12-7-13-26-3/h4-6,8-11,14,16H,7,12-13H2,1-3H3,(H,22,25)(H,23,24)/t16-/m0/s1. The molecule has 2 aromatic carbocycles. The second-order valence-electron chi connectivity index (χ2n) is 6.21. The van der Waals surface area contributed by atoms with Crippen molar-refractivity contribution in [1.82, 2.24) is 5.32 Å². The van der Waals surface area contributed by atoms with E-state index in [1.54, 1.807) is 44.4 Å². The van der Waals surface area contributed by atoms with Crippen LogP contribution in [0.4, 0.5) is 5.69 Å². The largest absolute Gasteiger partial charge is 0.481 e. The van der Waals surface area contributed by atoms with Crippen molar-refractivity contribution in [3.05, 3.63) is 59.7 Å². The summed E-state index contributed by atoms with van der Waals surface area (Å²) in [6, 6.07) is 14.4. The highest BCUT2D eigenvalue weighted by Crippen LogP contribution is 2.18. The molecule has 0 heterocycles. The number of para-hydroxylation sites is 1. The number of hydrogen-bond donors (Lipinski definition) is 2. The summed E-state index contributed by atoms with van der Waals surface area (Å²) >= 11 is 0. The Kier molecular flexibility index (Phi) is 7.82. The first-order chi connectivity index (χ1) is 13.0. The molecule has 27 heavy (non-hydrogen) atoms. The summed E-state index contributed by atoms with van der Waals surface area (Å²) in [5.74, 6) is 0.0622. The van der Waals surface area contributed by atoms with Crippen molar-refractivity contribution in [3.63, 3.8) is 0 Å². The molecule has 0 aromatic heterocycles. The zero-order valence-corrected chi connectivity index (χ0v) is 16.0. The number of ether oxygens (including phenoxy) is 2. The van der Waals surface area contributed by atoms with Crippen molar-refractivity contribution in [2.75, 3.05) is 25.6 Å². The predicted octanol–water partition coefficient (Wildman–Crippen LogP) is 3.17. The van der Waals surface area contributed by atoms with E-state index in [1.807, 2.05) is 25.1 Å². The van der Waals surface area contributed by atoms with Gasteiger partial charge in [0.25, 0.3) is 11.8 Å². The normalized spacial score (nSPS) is 11.5. The first-order valence-corrected chi connectivity index (χ1v) is 8.91. The van der Waals surface area contributed by atoms with Gasteiger partial charge in [0.1, 0.15) is 5.75 Å². The molecule has 0 saturated carbocycles. The number of anilines is 1. The van der Waals surface area contributed by atoms with E-state index < -0.39 is 6.10 Å². The number of benzene rings is 2. The molecule has 0 radical (unpaired) electrons. The highest BCUT2D eigenvalue weighted by molar-refractivity contribution is 6.04. The Morgan fingerprint density at radius 3 is 2.63 bits per heavy atom. The van der Waals surface area contributed by atoms with E-state index in [2.05, 4.69) is 10.6 Å². The van der Waals surface area contributed by atoms with Crippen molar-refractivity contribution < 1.29 is 19.1 Å². The van der Waals surface area contributed by atoms with Gasteiger partial charge in [-0.15, -0.1) is 0 Å². The summed E-state index contributed by atoms with van der Waals surface area (Å²) in [7, 11) is 1.62. The van der Waals surface area contributed by atoms with Crippen molar-refractivity contribution >= 4 is 17.5 Å². The summed E-state index contributed by atoms with van der Waals surface area (Å²) in [5.41, 5.74) is 1.91. The quantitative estimate of drug-likeness (QED) is 0.665. The van der Waals surface area contributed by atoms with E-state index in [-0.39, 0.29) is 11.8 Å². The topological polar surface area (TPSA) is 76.7 Å². The van der Waals surface area contributed by atoms with E-state index in [1.165, 1.54) is 0 Å². The zero-order chi connectivity index (χ0) is 19.6. The number of amides is 2. The monoisotopic (exact) mass is 370 g/mol. The Morgan fingerprint density at radius 1 is 1.11 bits per heavy atom. The number of carbonyl (C=O) groups is 2. The van der Waals surface area contributed by atoms with Gasteiger partial charge in [-0.3, -0.25) is 9.59 Å². The summed E-state index contributed by atoms with van der Waals surface area (Å²) < 4.78 is 10.7. The number of nitrogens with one attached hydrogen (secondary N) is 2. The number of aryl methyl sites for hydroxylation is 1. The fourth-order valence-electron chi connectivity index (χ4n) is 2.48. The molecular formula is C21H26N2O4. The number of methoxy groups -OCH3 is 1. The van der Waals surface area contributed by atoms with Crippen LogP contribution < -0.4 is 15.4 Å². The first-order valence-electron chi connectivity index (χ1n) is 8.91. The Balaban J connectivity index is 1.99. The van der Waals surface area contributed by atoms with Crippen molar-refractivity contribution in [2.45, 2.75) is 26.4 Å². The third-order valence-electron chi connectivity index (χ3n) is 3.91. The fraction of sp³-hybridized carbons (Fsp3) is 0.333. The average molecular weight is 370 g/mol. The van der Waals surface area contributed by atoms with Gasteiger partial charge in [-0.2, -0.15) is 0 Å². The van der Waals surface area contributed by atoms with Crippen LogP contribution in [-0.4, -0.2) is 38.2 Å². The van der Waals surface area contributed by atoms with Gasteiger partial charge in [-0.05, 0) is 50.1 Å². The third-order valence-corrected chi connectivity index (χ3v) is 3.91. The maximum absolute atomic E-state index is 12.5. The minimum absolute atomic E-state index is 0.241. The van der Waals surface area contributed by atoms with Crippen molar-refractivity contribution in [3.8, 4) is 5.75 Å². The SMILES string of the molecule is COCCCNC(=O)c1ccccc1NC(=O)[C@H](C)Oc1cccc(C)c1. The number of hydrogen-bond acceptors (Lipinski definition) is 4. The second kappa shape index (κ2) is 10.3. The van der Waals surface area contributed by atoms with E-state index in [9.17, 15) is 9.59 Å². The molecule has 0 aliphatic carbocycles. The molecule has 6 nitrogen and oxygen atoms in total. The van der Waals surface area contributed by atoms with Gasteiger partial charge < -0.3 is 20.1 Å². The van der Waals surface area contributed by atoms with Gasteiger partial charge in [0.15, 0.2) is 6.10 Å². The smallest absolute Gasteiger partial charge is 0.265 e. The highest BCUT2D eigenvalue weighted by atomic mass is 16.5. The Labute approximate surface area is 159 Å². The molecule has 0 bridgehead atoms. The summed E-state index contributed by atoms with van der Waals surface area (Å²) in [5, 5.41) is 5.60. The number of carbonyl (C=O) groups excluding carboxylic acids is 2. The molecule has 144 valence electrons. The molecule has 0 saturated heterocycles. The van der Waals surface area contributed by atoms with Crippen LogP contribution in [0.5, 0.6) is 5.75 Å². The lowest BCUT2D eigenvalue weighted by Crippen LogP contribution is -2.32. The van der Waals surface area contributed by atoms with Crippen molar-refractivity contribution in [1.29, 1.82) is 0 Å². The molecule has 0 aliphatic heterocycles. The van der Waals surface area contributed by atoms with Gasteiger partial charge in [-0.1, -0.05) is 24.3 Å². The van der Waals surface area contributed by atoms with Crippen LogP contribution in [0.1, 0.15) is 29.3 Å². The van der Waals surface area contributed by atoms with Crippen LogP contribution in [0.2, 0.25) is 0 Å². The molecule has 0 unspecified atom stereocenters. The lowest BCUT2D eigenvalue weighted by molar-refractivity contribution is -0.122. The first kappa shape index (κ1) is 20.5. The van der Waals surface area contributed by atoms with Crippen LogP contribution in [0.25, 0.3) is 0 Å². The minimum atomic E-state index is -0.704. The van der Waals surface area contributed by atoms with E-state index >= 15 is 0 Å². The number of rotatable bonds is 9. The van der Waals surface area contributed by atoms with Gasteiger partial charge >= 0.3 is 0 Å². The van der Waals surface area contributed by atoms with Crippen LogP contribution in [0.15, 0.2) is 48.5 Å². The molecular weight excluding hydrogens is 344 g/mol. The highest BCUT2D eigenvalue weighted by Gasteiger charge is 2.18. The predicted molar refractivity (Wildman–Crippen MR) is 105 cm³/mol. The van der Waals surface area contributed by atoms with Crippen LogP contribution in [0.3, 0.4) is 0 Å². The van der Waals surface area contributed by atoms with Gasteiger partial charge in [-0.25, -0.2) is 0 Å². The molecule has 2 aromatic rings. The molecule has 1 atom stereocenters. The zero-order valence-electron chi connectivity index (χ0n) is 16.0. The summed E-state index contributed by atoms with van der Waals surface area (Å²) in [6.45, 7) is 4.71.